The average Bonchev–Trinajstić information content (AvgIpc) is 2.71. The molecule has 6 heteroatoms. The van der Waals surface area contributed by atoms with E-state index < -0.39 is 23.8 Å². The third-order valence-corrected chi connectivity index (χ3v) is 3.10. The second-order valence-electron chi connectivity index (χ2n) is 4.27. The smallest absolute Gasteiger partial charge is 0.407 e. The van der Waals surface area contributed by atoms with Gasteiger partial charge in [0, 0.05) is 18.5 Å². The molecule has 2 atom stereocenters. The van der Waals surface area contributed by atoms with Gasteiger partial charge in [0.1, 0.15) is 17.9 Å². The number of carbonyl (C=O) groups is 2. The Morgan fingerprint density at radius 2 is 1.94 bits per heavy atom. The molecule has 0 spiro atoms. The number of rotatable bonds is 2. The number of hydrogen-bond donors (Lipinski definition) is 1. The second kappa shape index (κ2) is 4.72. The Labute approximate surface area is 102 Å². The van der Waals surface area contributed by atoms with Crippen LogP contribution in [0.1, 0.15) is 17.9 Å². The van der Waals surface area contributed by atoms with Crippen molar-refractivity contribution in [2.24, 2.45) is 0 Å². The van der Waals surface area contributed by atoms with Gasteiger partial charge in [0.05, 0.1) is 6.04 Å². The van der Waals surface area contributed by atoms with Crippen molar-refractivity contribution in [2.75, 3.05) is 6.54 Å². The zero-order chi connectivity index (χ0) is 13.3. The van der Waals surface area contributed by atoms with Crippen molar-refractivity contribution in [3.63, 3.8) is 0 Å². The average molecular weight is 255 g/mol. The van der Waals surface area contributed by atoms with Crippen LogP contribution in [0.2, 0.25) is 0 Å². The molecule has 2 rings (SSSR count). The van der Waals surface area contributed by atoms with Gasteiger partial charge in [-0.05, 0) is 24.1 Å². The van der Waals surface area contributed by atoms with E-state index in [1.165, 1.54) is 12.1 Å². The fourth-order valence-electron chi connectivity index (χ4n) is 2.27. The van der Waals surface area contributed by atoms with Gasteiger partial charge < -0.3 is 9.90 Å². The SMILES string of the molecule is O=CC1CC(c2cc(F)cc(F)c2)CN1C(=O)O. The fourth-order valence-corrected chi connectivity index (χ4v) is 2.27. The quantitative estimate of drug-likeness (QED) is 0.822. The zero-order valence-electron chi connectivity index (χ0n) is 9.35. The van der Waals surface area contributed by atoms with Gasteiger partial charge in [0.2, 0.25) is 0 Å². The molecule has 1 aromatic rings. The van der Waals surface area contributed by atoms with Crippen LogP contribution in [-0.4, -0.2) is 35.0 Å². The molecular formula is C12H11F2NO3. The molecule has 4 nitrogen and oxygen atoms in total. The highest BCUT2D eigenvalue weighted by Crippen LogP contribution is 2.31. The fraction of sp³-hybridized carbons (Fsp3) is 0.333. The summed E-state index contributed by atoms with van der Waals surface area (Å²) in [5, 5.41) is 8.91. The van der Waals surface area contributed by atoms with Crippen molar-refractivity contribution in [3.8, 4) is 0 Å². The largest absolute Gasteiger partial charge is 0.465 e. The maximum absolute atomic E-state index is 13.1. The van der Waals surface area contributed by atoms with E-state index in [0.717, 1.165) is 11.0 Å². The van der Waals surface area contributed by atoms with Crippen molar-refractivity contribution in [2.45, 2.75) is 18.4 Å². The molecule has 1 fully saturated rings. The summed E-state index contributed by atoms with van der Waals surface area (Å²) in [6.45, 7) is 0.0711. The summed E-state index contributed by atoms with van der Waals surface area (Å²) in [7, 11) is 0. The molecule has 96 valence electrons. The number of halogens is 2. The molecule has 0 saturated carbocycles. The standard InChI is InChI=1S/C12H11F2NO3/c13-9-1-7(2-10(14)4-9)8-3-11(6-16)15(5-8)12(17)18/h1-2,4,6,8,11H,3,5H2,(H,17,18). The Morgan fingerprint density at radius 3 is 2.39 bits per heavy atom. The number of nitrogens with zero attached hydrogens (tertiary/aromatic N) is 1. The first-order valence-corrected chi connectivity index (χ1v) is 5.42. The van der Waals surface area contributed by atoms with E-state index in [0.29, 0.717) is 11.8 Å². The summed E-state index contributed by atoms with van der Waals surface area (Å²) in [5.41, 5.74) is 0.378. The minimum absolute atomic E-state index is 0.0711. The number of likely N-dealkylation sites (tertiary alicyclic amines) is 1. The first-order valence-electron chi connectivity index (χ1n) is 5.42. The molecule has 0 bridgehead atoms. The molecule has 1 aliphatic rings. The highest BCUT2D eigenvalue weighted by molar-refractivity contribution is 5.73. The van der Waals surface area contributed by atoms with Crippen LogP contribution in [0, 0.1) is 11.6 Å². The highest BCUT2D eigenvalue weighted by Gasteiger charge is 2.36. The van der Waals surface area contributed by atoms with Crippen LogP contribution in [0.15, 0.2) is 18.2 Å². The van der Waals surface area contributed by atoms with Gasteiger partial charge in [-0.2, -0.15) is 0 Å². The molecule has 1 amide bonds. The van der Waals surface area contributed by atoms with Crippen molar-refractivity contribution in [1.29, 1.82) is 0 Å². The van der Waals surface area contributed by atoms with Crippen LogP contribution in [0.4, 0.5) is 13.6 Å². The van der Waals surface area contributed by atoms with Crippen molar-refractivity contribution >= 4 is 12.4 Å². The summed E-state index contributed by atoms with van der Waals surface area (Å²) in [6, 6.07) is 2.34. The van der Waals surface area contributed by atoms with Crippen LogP contribution < -0.4 is 0 Å². The summed E-state index contributed by atoms with van der Waals surface area (Å²) < 4.78 is 26.2. The zero-order valence-corrected chi connectivity index (χ0v) is 9.35. The van der Waals surface area contributed by atoms with Crippen LogP contribution >= 0.6 is 0 Å². The third kappa shape index (κ3) is 2.32. The first-order chi connectivity index (χ1) is 8.51. The minimum atomic E-state index is -1.20. The van der Waals surface area contributed by atoms with Gasteiger partial charge in [0.25, 0.3) is 0 Å². The summed E-state index contributed by atoms with van der Waals surface area (Å²) in [6.07, 6.45) is -0.408. The third-order valence-electron chi connectivity index (χ3n) is 3.10. The molecule has 18 heavy (non-hydrogen) atoms. The molecule has 0 aromatic heterocycles. The van der Waals surface area contributed by atoms with E-state index in [-0.39, 0.29) is 18.9 Å². The Kier molecular flexibility index (Phi) is 3.27. The molecule has 1 aliphatic heterocycles. The van der Waals surface area contributed by atoms with Crippen molar-refractivity contribution in [1.82, 2.24) is 4.90 Å². The van der Waals surface area contributed by atoms with Gasteiger partial charge in [0.15, 0.2) is 0 Å². The van der Waals surface area contributed by atoms with Crippen LogP contribution in [0.25, 0.3) is 0 Å². The molecule has 1 heterocycles. The van der Waals surface area contributed by atoms with Crippen molar-refractivity contribution < 1.29 is 23.5 Å². The lowest BCUT2D eigenvalue weighted by atomic mass is 9.96. The van der Waals surface area contributed by atoms with E-state index >= 15 is 0 Å². The summed E-state index contributed by atoms with van der Waals surface area (Å²) in [4.78, 5) is 22.7. The van der Waals surface area contributed by atoms with Crippen molar-refractivity contribution in [3.05, 3.63) is 35.4 Å². The Morgan fingerprint density at radius 1 is 1.33 bits per heavy atom. The Bertz CT molecular complexity index is 472. The number of carboxylic acid groups (broad SMARTS) is 1. The summed E-state index contributed by atoms with van der Waals surface area (Å²) in [5.74, 6) is -1.77. The van der Waals surface area contributed by atoms with Gasteiger partial charge in [-0.25, -0.2) is 13.6 Å². The van der Waals surface area contributed by atoms with E-state index in [4.69, 9.17) is 5.11 Å². The van der Waals surface area contributed by atoms with E-state index in [2.05, 4.69) is 0 Å². The Hall–Kier alpha value is -1.98. The predicted molar refractivity (Wildman–Crippen MR) is 58.3 cm³/mol. The number of amides is 1. The van der Waals surface area contributed by atoms with Gasteiger partial charge in [-0.1, -0.05) is 0 Å². The van der Waals surface area contributed by atoms with Crippen LogP contribution in [-0.2, 0) is 4.79 Å². The molecule has 1 aromatic carbocycles. The number of benzene rings is 1. The van der Waals surface area contributed by atoms with Gasteiger partial charge in [-0.15, -0.1) is 0 Å². The highest BCUT2D eigenvalue weighted by atomic mass is 19.1. The van der Waals surface area contributed by atoms with E-state index in [1.807, 2.05) is 0 Å². The second-order valence-corrected chi connectivity index (χ2v) is 4.27. The lowest BCUT2D eigenvalue weighted by Gasteiger charge is -2.15. The lowest BCUT2D eigenvalue weighted by molar-refractivity contribution is -0.111. The molecule has 0 aliphatic carbocycles. The number of carbonyl (C=O) groups excluding carboxylic acids is 1. The van der Waals surface area contributed by atoms with E-state index in [1.54, 1.807) is 0 Å². The monoisotopic (exact) mass is 255 g/mol. The number of hydrogen-bond acceptors (Lipinski definition) is 2. The first kappa shape index (κ1) is 12.5. The van der Waals surface area contributed by atoms with Gasteiger partial charge in [-0.3, -0.25) is 4.90 Å². The lowest BCUT2D eigenvalue weighted by Crippen LogP contribution is -2.35. The molecular weight excluding hydrogens is 244 g/mol. The number of aldehydes is 1. The van der Waals surface area contributed by atoms with Crippen LogP contribution in [0.5, 0.6) is 0 Å². The predicted octanol–water partition coefficient (Wildman–Crippen LogP) is 2.00. The van der Waals surface area contributed by atoms with Crippen LogP contribution in [0.3, 0.4) is 0 Å². The topological polar surface area (TPSA) is 57.6 Å². The van der Waals surface area contributed by atoms with Gasteiger partial charge >= 0.3 is 6.09 Å². The van der Waals surface area contributed by atoms with E-state index in [9.17, 15) is 18.4 Å². The molecule has 0 radical (unpaired) electrons. The minimum Gasteiger partial charge on any atom is -0.465 e. The maximum Gasteiger partial charge on any atom is 0.407 e. The molecule has 1 N–H and O–H groups in total. The normalized spacial score (nSPS) is 23.1. The Balaban J connectivity index is 2.25. The maximum atomic E-state index is 13.1. The molecule has 1 saturated heterocycles. The molecule has 2 unspecified atom stereocenters. The summed E-state index contributed by atoms with van der Waals surface area (Å²) >= 11 is 0.